The van der Waals surface area contributed by atoms with Gasteiger partial charge in [0.15, 0.2) is 5.78 Å². The molecule has 2 rings (SSSR count). The Morgan fingerprint density at radius 2 is 2.00 bits per heavy atom. The summed E-state index contributed by atoms with van der Waals surface area (Å²) in [5.74, 6) is -0.596. The highest BCUT2D eigenvalue weighted by Crippen LogP contribution is 2.16. The van der Waals surface area contributed by atoms with E-state index in [1.165, 1.54) is 22.9 Å². The average molecular weight is 313 g/mol. The molecule has 22 heavy (non-hydrogen) atoms. The topological polar surface area (TPSA) is 66.4 Å². The van der Waals surface area contributed by atoms with Gasteiger partial charge in [-0.1, -0.05) is 30.3 Å². The molecule has 0 bridgehead atoms. The van der Waals surface area contributed by atoms with Crippen LogP contribution in [0, 0.1) is 6.92 Å². The Labute approximate surface area is 132 Å². The van der Waals surface area contributed by atoms with Crippen LogP contribution in [0.5, 0.6) is 0 Å². The first-order valence-electron chi connectivity index (χ1n) is 6.59. The number of allylic oxidation sites excluding steroid dienone is 1. The van der Waals surface area contributed by atoms with E-state index in [0.29, 0.717) is 4.88 Å². The van der Waals surface area contributed by atoms with Crippen LogP contribution >= 0.6 is 11.3 Å². The van der Waals surface area contributed by atoms with Crippen LogP contribution in [-0.4, -0.2) is 16.9 Å². The summed E-state index contributed by atoms with van der Waals surface area (Å²) in [4.78, 5) is 23.6. The van der Waals surface area contributed by atoms with Gasteiger partial charge in [0.05, 0.1) is 4.88 Å². The molecule has 0 aliphatic rings. The van der Waals surface area contributed by atoms with Crippen LogP contribution in [0.2, 0.25) is 0 Å². The molecular formula is C17H15NO3S. The molecule has 0 aliphatic heterocycles. The van der Waals surface area contributed by atoms with E-state index in [1.807, 2.05) is 36.6 Å². The van der Waals surface area contributed by atoms with Crippen LogP contribution in [0.1, 0.15) is 26.4 Å². The predicted octanol–water partition coefficient (Wildman–Crippen LogP) is 3.47. The van der Waals surface area contributed by atoms with Gasteiger partial charge in [0.25, 0.3) is 5.91 Å². The zero-order chi connectivity index (χ0) is 15.9. The second-order valence-corrected chi connectivity index (χ2v) is 5.55. The predicted molar refractivity (Wildman–Crippen MR) is 87.8 cm³/mol. The number of hydrogen-bond acceptors (Lipinski definition) is 4. The second kappa shape index (κ2) is 7.49. The molecule has 0 fully saturated rings. The van der Waals surface area contributed by atoms with Gasteiger partial charge >= 0.3 is 0 Å². The number of rotatable bonds is 5. The number of thiophene rings is 1. The molecule has 0 atom stereocenters. The molecule has 0 saturated heterocycles. The third kappa shape index (κ3) is 4.25. The third-order valence-corrected chi connectivity index (χ3v) is 3.89. The Kier molecular flexibility index (Phi) is 5.41. The van der Waals surface area contributed by atoms with Gasteiger partial charge in [-0.3, -0.25) is 14.8 Å². The SMILES string of the molecule is Cc1cc(C=CC(=O)NO)ccc1C=CC(=O)c1cccs1. The van der Waals surface area contributed by atoms with Crippen molar-refractivity contribution in [1.82, 2.24) is 5.48 Å². The van der Waals surface area contributed by atoms with Crippen molar-refractivity contribution in [2.45, 2.75) is 6.92 Å². The molecule has 0 unspecified atom stereocenters. The Morgan fingerprint density at radius 3 is 2.64 bits per heavy atom. The maximum atomic E-state index is 11.9. The molecular weight excluding hydrogens is 298 g/mol. The summed E-state index contributed by atoms with van der Waals surface area (Å²) < 4.78 is 0. The van der Waals surface area contributed by atoms with Gasteiger partial charge < -0.3 is 0 Å². The number of hydroxylamine groups is 1. The number of carbonyl (C=O) groups excluding carboxylic acids is 2. The number of hydrogen-bond donors (Lipinski definition) is 2. The fourth-order valence-corrected chi connectivity index (χ4v) is 2.51. The lowest BCUT2D eigenvalue weighted by Crippen LogP contribution is -2.14. The van der Waals surface area contributed by atoms with E-state index in [0.717, 1.165) is 16.7 Å². The van der Waals surface area contributed by atoms with E-state index in [4.69, 9.17) is 5.21 Å². The number of carbonyl (C=O) groups is 2. The maximum Gasteiger partial charge on any atom is 0.267 e. The van der Waals surface area contributed by atoms with E-state index in [2.05, 4.69) is 0 Å². The van der Waals surface area contributed by atoms with Crippen molar-refractivity contribution in [3.63, 3.8) is 0 Å². The zero-order valence-electron chi connectivity index (χ0n) is 11.9. The van der Waals surface area contributed by atoms with Crippen molar-refractivity contribution in [3.05, 3.63) is 69.4 Å². The normalized spacial score (nSPS) is 11.2. The lowest BCUT2D eigenvalue weighted by molar-refractivity contribution is -0.124. The van der Waals surface area contributed by atoms with E-state index in [-0.39, 0.29) is 5.78 Å². The molecule has 0 radical (unpaired) electrons. The molecule has 112 valence electrons. The molecule has 1 aromatic carbocycles. The number of ketones is 1. The van der Waals surface area contributed by atoms with Crippen LogP contribution in [0.4, 0.5) is 0 Å². The second-order valence-electron chi connectivity index (χ2n) is 4.60. The smallest absolute Gasteiger partial charge is 0.267 e. The van der Waals surface area contributed by atoms with Crippen LogP contribution < -0.4 is 5.48 Å². The summed E-state index contributed by atoms with van der Waals surface area (Å²) >= 11 is 1.42. The first kappa shape index (κ1) is 15.9. The van der Waals surface area contributed by atoms with Gasteiger partial charge in [0, 0.05) is 6.08 Å². The van der Waals surface area contributed by atoms with Gasteiger partial charge in [-0.25, -0.2) is 5.48 Å². The van der Waals surface area contributed by atoms with E-state index >= 15 is 0 Å². The largest absolute Gasteiger partial charge is 0.288 e. The van der Waals surface area contributed by atoms with Gasteiger partial charge in [-0.15, -0.1) is 11.3 Å². The lowest BCUT2D eigenvalue weighted by Gasteiger charge is -2.02. The van der Waals surface area contributed by atoms with Gasteiger partial charge in [-0.05, 0) is 47.2 Å². The van der Waals surface area contributed by atoms with Crippen LogP contribution in [-0.2, 0) is 4.79 Å². The Hall–Kier alpha value is -2.50. The van der Waals surface area contributed by atoms with Gasteiger partial charge in [-0.2, -0.15) is 0 Å². The fraction of sp³-hybridized carbons (Fsp3) is 0.0588. The maximum absolute atomic E-state index is 11.9. The number of nitrogens with one attached hydrogen (secondary N) is 1. The molecule has 4 nitrogen and oxygen atoms in total. The van der Waals surface area contributed by atoms with Crippen molar-refractivity contribution in [2.24, 2.45) is 0 Å². The third-order valence-electron chi connectivity index (χ3n) is 3.01. The van der Waals surface area contributed by atoms with Gasteiger partial charge in [0.2, 0.25) is 0 Å². The molecule has 2 aromatic rings. The highest BCUT2D eigenvalue weighted by atomic mass is 32.1. The molecule has 5 heteroatoms. The van der Waals surface area contributed by atoms with E-state index < -0.39 is 5.91 Å². The Bertz CT molecular complexity index is 730. The molecule has 1 amide bonds. The quantitative estimate of drug-likeness (QED) is 0.384. The monoisotopic (exact) mass is 313 g/mol. The first-order chi connectivity index (χ1) is 10.6. The van der Waals surface area contributed by atoms with E-state index in [9.17, 15) is 9.59 Å². The van der Waals surface area contributed by atoms with E-state index in [1.54, 1.807) is 24.3 Å². The highest BCUT2D eigenvalue weighted by Gasteiger charge is 2.02. The van der Waals surface area contributed by atoms with Crippen molar-refractivity contribution in [3.8, 4) is 0 Å². The van der Waals surface area contributed by atoms with Crippen molar-refractivity contribution < 1.29 is 14.8 Å². The minimum Gasteiger partial charge on any atom is -0.288 e. The van der Waals surface area contributed by atoms with Gasteiger partial charge in [0.1, 0.15) is 0 Å². The molecule has 0 aliphatic carbocycles. The standard InChI is InChI=1S/C17H15NO3S/c1-12-11-13(5-9-17(20)18-21)4-6-14(12)7-8-15(19)16-3-2-10-22-16/h2-11,21H,1H3,(H,18,20). The Balaban J connectivity index is 2.11. The molecule has 0 saturated carbocycles. The van der Waals surface area contributed by atoms with Crippen LogP contribution in [0.15, 0.2) is 47.9 Å². The zero-order valence-corrected chi connectivity index (χ0v) is 12.8. The summed E-state index contributed by atoms with van der Waals surface area (Å²) in [5.41, 5.74) is 4.30. The average Bonchev–Trinajstić information content (AvgIpc) is 3.05. The summed E-state index contributed by atoms with van der Waals surface area (Å²) in [5, 5.41) is 10.3. The fourth-order valence-electron chi connectivity index (χ4n) is 1.87. The summed E-state index contributed by atoms with van der Waals surface area (Å²) in [6.07, 6.45) is 6.18. The number of amides is 1. The Morgan fingerprint density at radius 1 is 1.18 bits per heavy atom. The van der Waals surface area contributed by atoms with Crippen molar-refractivity contribution >= 4 is 35.2 Å². The minimum atomic E-state index is -0.580. The van der Waals surface area contributed by atoms with Crippen LogP contribution in [0.3, 0.4) is 0 Å². The van der Waals surface area contributed by atoms with Crippen molar-refractivity contribution in [2.75, 3.05) is 0 Å². The molecule has 1 heterocycles. The first-order valence-corrected chi connectivity index (χ1v) is 7.47. The molecule has 1 aromatic heterocycles. The summed E-state index contributed by atoms with van der Waals surface area (Å²) in [6.45, 7) is 1.93. The highest BCUT2D eigenvalue weighted by molar-refractivity contribution is 7.12. The molecule has 2 N–H and O–H groups in total. The van der Waals surface area contributed by atoms with Crippen molar-refractivity contribution in [1.29, 1.82) is 0 Å². The summed E-state index contributed by atoms with van der Waals surface area (Å²) in [7, 11) is 0. The van der Waals surface area contributed by atoms with Crippen LogP contribution in [0.25, 0.3) is 12.2 Å². The summed E-state index contributed by atoms with van der Waals surface area (Å²) in [6, 6.07) is 9.26. The minimum absolute atomic E-state index is 0.0158. The molecule has 0 spiro atoms. The lowest BCUT2D eigenvalue weighted by atomic mass is 10.0. The number of aryl methyl sites for hydroxylation is 1. The number of benzene rings is 1.